The van der Waals surface area contributed by atoms with Crippen molar-refractivity contribution in [2.45, 2.75) is 0 Å². The van der Waals surface area contributed by atoms with Crippen molar-refractivity contribution in [2.24, 2.45) is 210 Å². The lowest BCUT2D eigenvalue weighted by molar-refractivity contribution is 0.726. The number of hydrogen-bond donors (Lipinski definition) is 2. The summed E-state index contributed by atoms with van der Waals surface area (Å²) in [5.41, 5.74) is 6.24. The number of nitrogens with one attached hydrogen (secondary N) is 1. The van der Waals surface area contributed by atoms with E-state index in [-0.39, 0.29) is 0 Å². The van der Waals surface area contributed by atoms with Crippen LogP contribution in [0.5, 0.6) is 0 Å². The molecule has 0 aliphatic heterocycles. The Labute approximate surface area is 216 Å². The smallest absolute Gasteiger partial charge is 0 e. The Bertz CT molecular complexity index is 1220. The summed E-state index contributed by atoms with van der Waals surface area (Å²) in [4.78, 5) is 0. The van der Waals surface area contributed by atoms with E-state index in [2.05, 4.69) is 210 Å². The molecule has 0 fully saturated rings. The van der Waals surface area contributed by atoms with E-state index in [1.54, 1.807) is 0 Å². The van der Waals surface area contributed by atoms with Crippen LogP contribution in [-0.4, -0.2) is 0 Å². The summed E-state index contributed by atoms with van der Waals surface area (Å²) in [6.07, 6.45) is 0. The third-order valence-electron chi connectivity index (χ3n) is 1.54. The molecular formula is H3N41. The number of nitrogens with zero attached hydrogens (tertiary/aromatic N) is 39. The minimum absolute atomic E-state index is 2.50. The first-order valence-corrected chi connectivity index (χ1v) is 8.08. The quantitative estimate of drug-likeness (QED) is 0.0925. The molecule has 208 valence electrons. The Hall–Kier alpha value is -8.20. The molecule has 0 saturated heterocycles. The van der Waals surface area contributed by atoms with Crippen LogP contribution in [0.1, 0.15) is 0 Å². The van der Waals surface area contributed by atoms with Crippen molar-refractivity contribution in [3.63, 3.8) is 0 Å². The molecule has 0 aromatic heterocycles. The average Bonchev–Trinajstić information content (AvgIpc) is 2.98. The zero-order valence-electron chi connectivity index (χ0n) is 18.5. The molecule has 0 unspecified atom stereocenters. The van der Waals surface area contributed by atoms with E-state index in [1.165, 1.54) is 0 Å². The van der Waals surface area contributed by atoms with Gasteiger partial charge in [0.1, 0.15) is 0 Å². The maximum Gasteiger partial charge on any atom is 0 e. The molecule has 0 bridgehead atoms. The topological polar surface area (TPSA) is 532 Å². The Morgan fingerprint density at radius 2 is 0.317 bits per heavy atom. The van der Waals surface area contributed by atoms with E-state index in [1.807, 2.05) is 0 Å². The second-order valence-corrected chi connectivity index (χ2v) is 3.52. The third-order valence-corrected chi connectivity index (χ3v) is 1.54. The highest BCUT2D eigenvalue weighted by atomic mass is 15.7. The highest BCUT2D eigenvalue weighted by Crippen LogP contribution is 1.92. The van der Waals surface area contributed by atoms with Crippen LogP contribution in [0.2, 0.25) is 0 Å². The second-order valence-electron chi connectivity index (χ2n) is 3.52. The van der Waals surface area contributed by atoms with Crippen molar-refractivity contribution in [1.29, 1.82) is 5.53 Å². The lowest BCUT2D eigenvalue weighted by Crippen LogP contribution is -1.70. The first kappa shape index (κ1) is 32.8. The molecule has 0 aromatic rings. The summed E-state index contributed by atoms with van der Waals surface area (Å²) in [6, 6.07) is 0. The van der Waals surface area contributed by atoms with Gasteiger partial charge in [-0.25, -0.2) is 0 Å². The molecule has 0 radical (unpaired) electrons. The molecule has 0 spiro atoms. The van der Waals surface area contributed by atoms with Crippen LogP contribution >= 0.6 is 0 Å². The maximum absolute atomic E-state index is 6.24. The molecule has 0 aromatic carbocycles. The fourth-order valence-electron chi connectivity index (χ4n) is 0.669. The van der Waals surface area contributed by atoms with Crippen molar-refractivity contribution < 1.29 is 0 Å². The minimum atomic E-state index is 2.50. The highest BCUT2D eigenvalue weighted by molar-refractivity contribution is 4.16. The predicted octanol–water partition coefficient (Wildman–Crippen LogP) is 6.87. The molecular weight excluding hydrogens is 574 g/mol. The highest BCUT2D eigenvalue weighted by Gasteiger charge is 1.74. The molecule has 0 amide bonds. The molecule has 41 heteroatoms. The Morgan fingerprint density at radius 1 is 0.195 bits per heavy atom. The largest absolute Gasteiger partial charge is 0.303 e. The summed E-state index contributed by atoms with van der Waals surface area (Å²) in [7, 11) is 0. The molecule has 41 heavy (non-hydrogen) atoms. The minimum Gasteiger partial charge on any atom is -0.303 e. The van der Waals surface area contributed by atoms with E-state index >= 15 is 0 Å². The van der Waals surface area contributed by atoms with E-state index < -0.39 is 0 Å². The summed E-state index contributed by atoms with van der Waals surface area (Å²) in [6.45, 7) is 0. The standard InChI is InChI=1S/H3N41/c1-3-5-7-9-11-13-15-17-19-21-23-25-27-29-31-33-35-37-39-41-40-38-36-34-32-30-28-26-24-22-20-18-16-14-12-10-8-6-4-2/h(H3,1,2,5,6,9,10,13,14,17,18,21,22,25,26,29,30,33,34,37,38,41). The zero-order chi connectivity index (χ0) is 29.6. The monoisotopic (exact) mass is 577 g/mol. The predicted molar refractivity (Wildman–Crippen MR) is 102 cm³/mol. The van der Waals surface area contributed by atoms with Gasteiger partial charge >= 0.3 is 0 Å². The van der Waals surface area contributed by atoms with E-state index in [4.69, 9.17) is 5.53 Å². The summed E-state index contributed by atoms with van der Waals surface area (Å²) >= 11 is 0. The van der Waals surface area contributed by atoms with Crippen LogP contribution in [0.4, 0.5) is 0 Å². The van der Waals surface area contributed by atoms with Gasteiger partial charge in [-0.3, -0.25) is 0 Å². The van der Waals surface area contributed by atoms with Crippen molar-refractivity contribution in [2.75, 3.05) is 0 Å². The van der Waals surface area contributed by atoms with Crippen LogP contribution in [0.3, 0.4) is 0 Å². The van der Waals surface area contributed by atoms with Gasteiger partial charge in [0.2, 0.25) is 0 Å². The molecule has 0 heterocycles. The lowest BCUT2D eigenvalue weighted by atomic mass is 12.3. The Kier molecular flexibility index (Phi) is 25.4. The van der Waals surface area contributed by atoms with E-state index in [0.29, 0.717) is 0 Å². The molecule has 0 atom stereocenters. The van der Waals surface area contributed by atoms with Crippen molar-refractivity contribution in [1.82, 2.24) is 0 Å². The van der Waals surface area contributed by atoms with Gasteiger partial charge in [-0.05, 0) is 78.3 Å². The van der Waals surface area contributed by atoms with E-state index in [9.17, 15) is 0 Å². The molecule has 0 aliphatic rings. The lowest BCUT2D eigenvalue weighted by Gasteiger charge is -1.70. The van der Waals surface area contributed by atoms with Crippen LogP contribution in [0, 0.1) is 5.53 Å². The molecule has 41 nitrogen and oxygen atoms in total. The number of hydrogen-bond acceptors (Lipinski definition) is 2. The average molecular weight is 577 g/mol. The third kappa shape index (κ3) is 31.8. The van der Waals surface area contributed by atoms with E-state index in [0.717, 1.165) is 0 Å². The molecule has 3 N–H and O–H groups in total. The molecule has 0 rings (SSSR count). The molecule has 0 saturated carbocycles. The van der Waals surface area contributed by atoms with Gasteiger partial charge < -0.3 is 5.84 Å². The van der Waals surface area contributed by atoms with Crippen LogP contribution < -0.4 is 5.84 Å². The fraction of sp³-hybridized carbons (Fsp3) is 0. The van der Waals surface area contributed by atoms with Gasteiger partial charge in [0.25, 0.3) is 0 Å². The number of rotatable bonds is 19. The summed E-state index contributed by atoms with van der Waals surface area (Å²) < 4.78 is 0. The zero-order valence-corrected chi connectivity index (χ0v) is 18.5. The van der Waals surface area contributed by atoms with Gasteiger partial charge in [0.05, 0.1) is 0 Å². The normalized spacial score (nSPS) is 15.1. The fourth-order valence-corrected chi connectivity index (χ4v) is 0.669. The van der Waals surface area contributed by atoms with Gasteiger partial charge in [-0.2, -0.15) is 5.53 Å². The Balaban J connectivity index is 4.02. The Morgan fingerprint density at radius 3 is 0.439 bits per heavy atom. The van der Waals surface area contributed by atoms with Crippen LogP contribution in [-0.2, 0) is 0 Å². The summed E-state index contributed by atoms with van der Waals surface area (Å²) in [5.74, 6) is 4.62. The van der Waals surface area contributed by atoms with Gasteiger partial charge in [0.15, 0.2) is 0 Å². The van der Waals surface area contributed by atoms with Gasteiger partial charge in [-0.15, -0.1) is 0 Å². The summed E-state index contributed by atoms with van der Waals surface area (Å²) in [5, 5.41) is 115. The maximum atomic E-state index is 6.24. The van der Waals surface area contributed by atoms with Crippen LogP contribution in [0.25, 0.3) is 0 Å². The first-order valence-electron chi connectivity index (χ1n) is 8.08. The number of nitrogens with two attached hydrogens (primary N) is 1. The van der Waals surface area contributed by atoms with Crippen molar-refractivity contribution >= 4 is 0 Å². The second kappa shape index (κ2) is 31.8. The van der Waals surface area contributed by atoms with Gasteiger partial charge in [-0.1, -0.05) is 5.22 Å². The van der Waals surface area contributed by atoms with Crippen LogP contribution in [0.15, 0.2) is 204 Å². The SMILES string of the molecule is N=N/N=N/N=N/N=N/N=N/N=N/N=N/N=N/N=N/N=N/N=N/N=N/N=N/N=N/N=N/N=N/N=N/N=N/N=N/N=N/N. The van der Waals surface area contributed by atoms with Crippen molar-refractivity contribution in [3.05, 3.63) is 0 Å². The van der Waals surface area contributed by atoms with Crippen molar-refractivity contribution in [3.8, 4) is 0 Å². The molecule has 0 aliphatic carbocycles. The first-order chi connectivity index (χ1) is 20.4. The van der Waals surface area contributed by atoms with Gasteiger partial charge in [0, 0.05) is 120 Å².